The monoisotopic (exact) mass is 329 g/mol. The summed E-state index contributed by atoms with van der Waals surface area (Å²) in [6.45, 7) is 1.31. The van der Waals surface area contributed by atoms with Crippen molar-refractivity contribution in [1.29, 1.82) is 0 Å². The Balaban J connectivity index is 1.91. The average molecular weight is 329 g/mol. The lowest BCUT2D eigenvalue weighted by Gasteiger charge is -2.35. The van der Waals surface area contributed by atoms with Gasteiger partial charge in [-0.2, -0.15) is 17.0 Å². The molecule has 0 unspecified atom stereocenters. The number of carbonyl (C=O) groups excluding carboxylic acids is 1. The zero-order valence-electron chi connectivity index (χ0n) is 12.7. The van der Waals surface area contributed by atoms with Crippen molar-refractivity contribution in [3.8, 4) is 0 Å². The molecule has 1 amide bonds. The van der Waals surface area contributed by atoms with Crippen molar-refractivity contribution < 1.29 is 17.6 Å². The Hall–Kier alpha value is -1.51. The van der Waals surface area contributed by atoms with E-state index in [0.717, 1.165) is 5.56 Å². The van der Waals surface area contributed by atoms with Gasteiger partial charge in [-0.1, -0.05) is 12.1 Å². The van der Waals surface area contributed by atoms with Crippen LogP contribution in [-0.4, -0.2) is 68.1 Å². The fraction of sp³-hybridized carbons (Fsp3) is 0.500. The number of amides is 1. The molecular weight excluding hydrogens is 309 g/mol. The van der Waals surface area contributed by atoms with E-state index in [1.54, 1.807) is 17.0 Å². The summed E-state index contributed by atoms with van der Waals surface area (Å²) < 4.78 is 39.4. The third-order valence-corrected chi connectivity index (χ3v) is 5.59. The maximum atomic E-state index is 12.8. The van der Waals surface area contributed by atoms with Crippen LogP contribution < -0.4 is 0 Å². The Morgan fingerprint density at radius 3 is 2.18 bits per heavy atom. The molecule has 1 saturated heterocycles. The van der Waals surface area contributed by atoms with Crippen LogP contribution in [0.15, 0.2) is 24.3 Å². The second-order valence-electron chi connectivity index (χ2n) is 5.37. The van der Waals surface area contributed by atoms with E-state index in [1.165, 1.54) is 34.8 Å². The van der Waals surface area contributed by atoms with Gasteiger partial charge in [-0.25, -0.2) is 4.39 Å². The molecule has 0 atom stereocenters. The van der Waals surface area contributed by atoms with Gasteiger partial charge in [-0.15, -0.1) is 0 Å². The summed E-state index contributed by atoms with van der Waals surface area (Å²) in [6.07, 6.45) is 0.195. The van der Waals surface area contributed by atoms with Crippen LogP contribution >= 0.6 is 0 Å². The van der Waals surface area contributed by atoms with E-state index in [9.17, 15) is 17.6 Å². The van der Waals surface area contributed by atoms with Crippen LogP contribution in [0.1, 0.15) is 5.56 Å². The first kappa shape index (κ1) is 16.9. The summed E-state index contributed by atoms with van der Waals surface area (Å²) in [6, 6.07) is 5.81. The van der Waals surface area contributed by atoms with Crippen molar-refractivity contribution >= 4 is 16.1 Å². The molecule has 0 bridgehead atoms. The van der Waals surface area contributed by atoms with E-state index in [-0.39, 0.29) is 31.2 Å². The van der Waals surface area contributed by atoms with Crippen LogP contribution in [0.3, 0.4) is 0 Å². The van der Waals surface area contributed by atoms with Gasteiger partial charge in [0.15, 0.2) is 0 Å². The van der Waals surface area contributed by atoms with Crippen molar-refractivity contribution in [2.75, 3.05) is 40.3 Å². The molecule has 2 rings (SSSR count). The van der Waals surface area contributed by atoms with Gasteiger partial charge in [0.05, 0.1) is 6.42 Å². The number of benzene rings is 1. The summed E-state index contributed by atoms with van der Waals surface area (Å²) in [5.74, 6) is -0.410. The minimum atomic E-state index is -3.43. The SMILES string of the molecule is CN(C)S(=O)(=O)N1CCN(C(=O)Cc2ccc(F)cc2)CC1. The largest absolute Gasteiger partial charge is 0.340 e. The average Bonchev–Trinajstić information content (AvgIpc) is 2.49. The number of carbonyl (C=O) groups is 1. The number of hydrogen-bond acceptors (Lipinski definition) is 3. The normalized spacial score (nSPS) is 17.0. The Bertz CT molecular complexity index is 623. The summed E-state index contributed by atoms with van der Waals surface area (Å²) >= 11 is 0. The van der Waals surface area contributed by atoms with Crippen LogP contribution in [0.25, 0.3) is 0 Å². The Morgan fingerprint density at radius 2 is 1.68 bits per heavy atom. The first-order chi connectivity index (χ1) is 10.3. The molecule has 1 aliphatic rings. The Kier molecular flexibility index (Phi) is 5.15. The molecule has 0 aliphatic carbocycles. The molecule has 0 saturated carbocycles. The first-order valence-corrected chi connectivity index (χ1v) is 8.40. The molecular formula is C14H20FN3O3S. The van der Waals surface area contributed by atoms with E-state index in [2.05, 4.69) is 0 Å². The maximum Gasteiger partial charge on any atom is 0.281 e. The van der Waals surface area contributed by atoms with Crippen molar-refractivity contribution in [2.45, 2.75) is 6.42 Å². The number of hydrogen-bond donors (Lipinski definition) is 0. The highest BCUT2D eigenvalue weighted by Crippen LogP contribution is 2.12. The maximum absolute atomic E-state index is 12.8. The molecule has 1 aliphatic heterocycles. The van der Waals surface area contributed by atoms with Crippen LogP contribution in [0.2, 0.25) is 0 Å². The third-order valence-electron chi connectivity index (χ3n) is 3.65. The van der Waals surface area contributed by atoms with Gasteiger partial charge >= 0.3 is 0 Å². The second-order valence-corrected chi connectivity index (χ2v) is 7.52. The van der Waals surface area contributed by atoms with Crippen molar-refractivity contribution in [2.24, 2.45) is 0 Å². The molecule has 1 heterocycles. The fourth-order valence-electron chi connectivity index (χ4n) is 2.29. The summed E-state index contributed by atoms with van der Waals surface area (Å²) in [5, 5.41) is 0. The van der Waals surface area contributed by atoms with Gasteiger partial charge in [-0.05, 0) is 17.7 Å². The van der Waals surface area contributed by atoms with E-state index >= 15 is 0 Å². The summed E-state index contributed by atoms with van der Waals surface area (Å²) in [4.78, 5) is 13.8. The number of nitrogens with zero attached hydrogens (tertiary/aromatic N) is 3. The first-order valence-electron chi connectivity index (χ1n) is 7.00. The van der Waals surface area contributed by atoms with Crippen LogP contribution in [0.5, 0.6) is 0 Å². The highest BCUT2D eigenvalue weighted by molar-refractivity contribution is 7.86. The van der Waals surface area contributed by atoms with E-state index in [0.29, 0.717) is 13.1 Å². The number of halogens is 1. The molecule has 8 heteroatoms. The van der Waals surface area contributed by atoms with Gasteiger partial charge in [0, 0.05) is 40.3 Å². The van der Waals surface area contributed by atoms with Gasteiger partial charge in [0.2, 0.25) is 5.91 Å². The van der Waals surface area contributed by atoms with Gasteiger partial charge in [-0.3, -0.25) is 4.79 Å². The summed E-state index contributed by atoms with van der Waals surface area (Å²) in [5.41, 5.74) is 0.745. The molecule has 0 spiro atoms. The van der Waals surface area contributed by atoms with Gasteiger partial charge < -0.3 is 4.90 Å². The van der Waals surface area contributed by atoms with Gasteiger partial charge in [0.25, 0.3) is 10.2 Å². The zero-order chi connectivity index (χ0) is 16.3. The van der Waals surface area contributed by atoms with E-state index in [1.807, 2.05) is 0 Å². The van der Waals surface area contributed by atoms with Crippen molar-refractivity contribution in [3.05, 3.63) is 35.6 Å². The highest BCUT2D eigenvalue weighted by Gasteiger charge is 2.30. The molecule has 1 aromatic carbocycles. The van der Waals surface area contributed by atoms with E-state index in [4.69, 9.17) is 0 Å². The standard InChI is InChI=1S/C14H20FN3O3S/c1-16(2)22(20,21)18-9-7-17(8-10-18)14(19)11-12-3-5-13(15)6-4-12/h3-6H,7-11H2,1-2H3. The molecule has 0 radical (unpaired) electrons. The predicted molar refractivity (Wildman–Crippen MR) is 80.9 cm³/mol. The molecule has 6 nitrogen and oxygen atoms in total. The van der Waals surface area contributed by atoms with Crippen LogP contribution in [0.4, 0.5) is 4.39 Å². The van der Waals surface area contributed by atoms with Gasteiger partial charge in [0.1, 0.15) is 5.82 Å². The number of rotatable bonds is 4. The summed E-state index contributed by atoms with van der Waals surface area (Å²) in [7, 11) is -0.451. The lowest BCUT2D eigenvalue weighted by molar-refractivity contribution is -0.131. The fourth-order valence-corrected chi connectivity index (χ4v) is 3.37. The Labute approximate surface area is 130 Å². The molecule has 22 heavy (non-hydrogen) atoms. The Morgan fingerprint density at radius 1 is 1.14 bits per heavy atom. The minimum absolute atomic E-state index is 0.0755. The third kappa shape index (κ3) is 3.82. The highest BCUT2D eigenvalue weighted by atomic mass is 32.2. The molecule has 0 N–H and O–H groups in total. The number of piperazine rings is 1. The quantitative estimate of drug-likeness (QED) is 0.799. The smallest absolute Gasteiger partial charge is 0.281 e. The molecule has 0 aromatic heterocycles. The molecule has 122 valence electrons. The topological polar surface area (TPSA) is 60.9 Å². The van der Waals surface area contributed by atoms with Crippen molar-refractivity contribution in [3.63, 3.8) is 0 Å². The van der Waals surface area contributed by atoms with E-state index < -0.39 is 10.2 Å². The lowest BCUT2D eigenvalue weighted by Crippen LogP contribution is -2.53. The van der Waals surface area contributed by atoms with Crippen molar-refractivity contribution in [1.82, 2.24) is 13.5 Å². The second kappa shape index (κ2) is 6.72. The lowest BCUT2D eigenvalue weighted by atomic mass is 10.1. The van der Waals surface area contributed by atoms with Crippen LogP contribution in [0, 0.1) is 5.82 Å². The zero-order valence-corrected chi connectivity index (χ0v) is 13.5. The molecule has 1 fully saturated rings. The molecule has 1 aromatic rings. The van der Waals surface area contributed by atoms with Crippen LogP contribution in [-0.2, 0) is 21.4 Å². The minimum Gasteiger partial charge on any atom is -0.340 e. The predicted octanol–water partition coefficient (Wildman–Crippen LogP) is 0.319.